The third kappa shape index (κ3) is 1.31. The van der Waals surface area contributed by atoms with Gasteiger partial charge in [0.1, 0.15) is 0 Å². The standard InChI is InChI=1S/C11H11NO2/c1-8(13)12-10-5-3-2-4-9(10)6-7-11(12)14/h2-5H,6-7H2,1H3. The fourth-order valence-corrected chi connectivity index (χ4v) is 1.77. The molecule has 3 nitrogen and oxygen atoms in total. The van der Waals surface area contributed by atoms with E-state index in [4.69, 9.17) is 0 Å². The van der Waals surface area contributed by atoms with Gasteiger partial charge in [0.15, 0.2) is 0 Å². The van der Waals surface area contributed by atoms with Gasteiger partial charge in [0, 0.05) is 13.3 Å². The number of rotatable bonds is 0. The minimum absolute atomic E-state index is 0.101. The van der Waals surface area contributed by atoms with E-state index in [-0.39, 0.29) is 11.8 Å². The molecule has 1 aromatic rings. The highest BCUT2D eigenvalue weighted by atomic mass is 16.2. The molecule has 2 amide bonds. The summed E-state index contributed by atoms with van der Waals surface area (Å²) in [4.78, 5) is 24.0. The summed E-state index contributed by atoms with van der Waals surface area (Å²) >= 11 is 0. The van der Waals surface area contributed by atoms with Crippen molar-refractivity contribution in [3.05, 3.63) is 29.8 Å². The molecule has 72 valence electrons. The molecule has 1 heterocycles. The second kappa shape index (κ2) is 3.25. The molecule has 0 atom stereocenters. The smallest absolute Gasteiger partial charge is 0.234 e. The number of carbonyl (C=O) groups excluding carboxylic acids is 2. The maximum Gasteiger partial charge on any atom is 0.234 e. The molecule has 0 spiro atoms. The lowest BCUT2D eigenvalue weighted by atomic mass is 10.0. The van der Waals surface area contributed by atoms with Crippen molar-refractivity contribution in [2.45, 2.75) is 19.8 Å². The van der Waals surface area contributed by atoms with Crippen molar-refractivity contribution in [3.8, 4) is 0 Å². The molecule has 0 fully saturated rings. The summed E-state index contributed by atoms with van der Waals surface area (Å²) in [5, 5.41) is 0. The largest absolute Gasteiger partial charge is 0.274 e. The highest BCUT2D eigenvalue weighted by Gasteiger charge is 2.26. The van der Waals surface area contributed by atoms with Crippen LogP contribution < -0.4 is 4.90 Å². The molecule has 2 rings (SSSR count). The molecule has 0 bridgehead atoms. The summed E-state index contributed by atoms with van der Waals surface area (Å²) in [6, 6.07) is 7.53. The number of hydrogen-bond donors (Lipinski definition) is 0. The van der Waals surface area contributed by atoms with E-state index < -0.39 is 0 Å². The zero-order chi connectivity index (χ0) is 10.1. The Labute approximate surface area is 82.3 Å². The summed E-state index contributed by atoms with van der Waals surface area (Å²) in [6.07, 6.45) is 1.16. The van der Waals surface area contributed by atoms with E-state index in [1.54, 1.807) is 0 Å². The first kappa shape index (κ1) is 8.94. The van der Waals surface area contributed by atoms with Crippen molar-refractivity contribution in [3.63, 3.8) is 0 Å². The van der Waals surface area contributed by atoms with E-state index >= 15 is 0 Å². The first-order chi connectivity index (χ1) is 6.70. The first-order valence-electron chi connectivity index (χ1n) is 4.61. The van der Waals surface area contributed by atoms with Gasteiger partial charge in [-0.3, -0.25) is 14.5 Å². The van der Waals surface area contributed by atoms with Crippen molar-refractivity contribution in [2.75, 3.05) is 4.90 Å². The zero-order valence-corrected chi connectivity index (χ0v) is 7.99. The van der Waals surface area contributed by atoms with Crippen LogP contribution in [0.15, 0.2) is 24.3 Å². The molecular weight excluding hydrogens is 178 g/mol. The van der Waals surface area contributed by atoms with Gasteiger partial charge in [-0.1, -0.05) is 18.2 Å². The predicted octanol–water partition coefficient (Wildman–Crippen LogP) is 1.51. The molecule has 0 saturated heterocycles. The second-order valence-corrected chi connectivity index (χ2v) is 3.38. The van der Waals surface area contributed by atoms with Crippen LogP contribution in [0, 0.1) is 0 Å². The zero-order valence-electron chi connectivity index (χ0n) is 7.99. The van der Waals surface area contributed by atoms with Gasteiger partial charge in [0.25, 0.3) is 0 Å². The number of amides is 2. The van der Waals surface area contributed by atoms with E-state index in [2.05, 4.69) is 0 Å². The second-order valence-electron chi connectivity index (χ2n) is 3.38. The number of hydrogen-bond acceptors (Lipinski definition) is 2. The van der Waals surface area contributed by atoms with E-state index in [1.807, 2.05) is 24.3 Å². The van der Waals surface area contributed by atoms with E-state index in [9.17, 15) is 9.59 Å². The van der Waals surface area contributed by atoms with Gasteiger partial charge in [0.05, 0.1) is 5.69 Å². The van der Waals surface area contributed by atoms with E-state index in [0.29, 0.717) is 6.42 Å². The predicted molar refractivity (Wildman–Crippen MR) is 52.9 cm³/mol. The number of fused-ring (bicyclic) bond motifs is 1. The molecule has 1 aliphatic heterocycles. The van der Waals surface area contributed by atoms with Gasteiger partial charge in [-0.15, -0.1) is 0 Å². The van der Waals surface area contributed by atoms with Crippen LogP contribution >= 0.6 is 0 Å². The minimum Gasteiger partial charge on any atom is -0.274 e. The molecular formula is C11H11NO2. The van der Waals surface area contributed by atoms with Crippen molar-refractivity contribution in [2.24, 2.45) is 0 Å². The van der Waals surface area contributed by atoms with Crippen LogP contribution in [0.5, 0.6) is 0 Å². The Morgan fingerprint density at radius 2 is 2.00 bits per heavy atom. The van der Waals surface area contributed by atoms with Gasteiger partial charge in [0.2, 0.25) is 11.8 Å². The summed E-state index contributed by atoms with van der Waals surface area (Å²) in [6.45, 7) is 1.42. The third-order valence-electron chi connectivity index (χ3n) is 2.41. The van der Waals surface area contributed by atoms with E-state index in [1.165, 1.54) is 11.8 Å². The fraction of sp³-hybridized carbons (Fsp3) is 0.273. The van der Waals surface area contributed by atoms with Gasteiger partial charge in [-0.2, -0.15) is 0 Å². The molecule has 0 radical (unpaired) electrons. The Hall–Kier alpha value is -1.64. The Morgan fingerprint density at radius 3 is 2.71 bits per heavy atom. The van der Waals surface area contributed by atoms with Crippen LogP contribution in [-0.2, 0) is 16.0 Å². The lowest BCUT2D eigenvalue weighted by Gasteiger charge is -2.26. The van der Waals surface area contributed by atoms with Gasteiger partial charge in [-0.05, 0) is 18.1 Å². The summed E-state index contributed by atoms with van der Waals surface area (Å²) in [5.41, 5.74) is 1.82. The molecule has 3 heteroatoms. The van der Waals surface area contributed by atoms with Crippen LogP contribution in [0.2, 0.25) is 0 Å². The van der Waals surface area contributed by atoms with Crippen LogP contribution in [-0.4, -0.2) is 11.8 Å². The average molecular weight is 189 g/mol. The SMILES string of the molecule is CC(=O)N1C(=O)CCc2ccccc21. The van der Waals surface area contributed by atoms with Crippen molar-refractivity contribution in [1.82, 2.24) is 0 Å². The number of para-hydroxylation sites is 1. The molecule has 0 saturated carbocycles. The first-order valence-corrected chi connectivity index (χ1v) is 4.61. The fourth-order valence-electron chi connectivity index (χ4n) is 1.77. The lowest BCUT2D eigenvalue weighted by molar-refractivity contribution is -0.125. The molecule has 1 aromatic carbocycles. The summed E-state index contributed by atoms with van der Waals surface area (Å²) in [7, 11) is 0. The molecule has 1 aliphatic rings. The van der Waals surface area contributed by atoms with Crippen LogP contribution in [0.25, 0.3) is 0 Å². The quantitative estimate of drug-likeness (QED) is 0.620. The Morgan fingerprint density at radius 1 is 1.29 bits per heavy atom. The Balaban J connectivity index is 2.51. The lowest BCUT2D eigenvalue weighted by Crippen LogP contribution is -2.38. The third-order valence-corrected chi connectivity index (χ3v) is 2.41. The minimum atomic E-state index is -0.206. The summed E-state index contributed by atoms with van der Waals surface area (Å²) < 4.78 is 0. The normalized spacial score (nSPS) is 15.2. The molecule has 0 aliphatic carbocycles. The molecule has 14 heavy (non-hydrogen) atoms. The van der Waals surface area contributed by atoms with Gasteiger partial charge >= 0.3 is 0 Å². The number of nitrogens with zero attached hydrogens (tertiary/aromatic N) is 1. The number of anilines is 1. The molecule has 0 N–H and O–H groups in total. The molecule has 0 aromatic heterocycles. The maximum atomic E-state index is 11.5. The highest BCUT2D eigenvalue weighted by molar-refractivity contribution is 6.15. The van der Waals surface area contributed by atoms with Crippen molar-refractivity contribution in [1.29, 1.82) is 0 Å². The molecule has 0 unspecified atom stereocenters. The Bertz CT molecular complexity index is 398. The number of carbonyl (C=O) groups is 2. The van der Waals surface area contributed by atoms with Gasteiger partial charge < -0.3 is 0 Å². The van der Waals surface area contributed by atoms with Gasteiger partial charge in [-0.25, -0.2) is 0 Å². The Kier molecular flexibility index (Phi) is 2.08. The number of aryl methyl sites for hydroxylation is 1. The van der Waals surface area contributed by atoms with Crippen molar-refractivity contribution >= 4 is 17.5 Å². The monoisotopic (exact) mass is 189 g/mol. The van der Waals surface area contributed by atoms with Crippen LogP contribution in [0.3, 0.4) is 0 Å². The average Bonchev–Trinajstić information content (AvgIpc) is 2.17. The highest BCUT2D eigenvalue weighted by Crippen LogP contribution is 2.27. The van der Waals surface area contributed by atoms with Crippen LogP contribution in [0.4, 0.5) is 5.69 Å². The number of benzene rings is 1. The number of imide groups is 1. The topological polar surface area (TPSA) is 37.4 Å². The summed E-state index contributed by atoms with van der Waals surface area (Å²) in [5.74, 6) is -0.307. The van der Waals surface area contributed by atoms with E-state index in [0.717, 1.165) is 17.7 Å². The van der Waals surface area contributed by atoms with Crippen molar-refractivity contribution < 1.29 is 9.59 Å². The van der Waals surface area contributed by atoms with Crippen LogP contribution in [0.1, 0.15) is 18.9 Å². The maximum absolute atomic E-state index is 11.5.